The van der Waals surface area contributed by atoms with Gasteiger partial charge >= 0.3 is 0 Å². The summed E-state index contributed by atoms with van der Waals surface area (Å²) in [6.07, 6.45) is 0. The number of carbonyl (C=O) groups excluding carboxylic acids is 1. The van der Waals surface area contributed by atoms with Gasteiger partial charge in [-0.05, 0) is 67.1 Å². The van der Waals surface area contributed by atoms with Crippen molar-refractivity contribution in [2.75, 3.05) is 25.0 Å². The summed E-state index contributed by atoms with van der Waals surface area (Å²) in [5.41, 5.74) is 1.48. The van der Waals surface area contributed by atoms with Crippen LogP contribution in [0.15, 0.2) is 71.6 Å². The zero-order valence-corrected chi connectivity index (χ0v) is 19.2. The molecule has 0 heterocycles. The van der Waals surface area contributed by atoms with E-state index < -0.39 is 15.9 Å². The summed E-state index contributed by atoms with van der Waals surface area (Å²) < 4.78 is 38.8. The fraction of sp³-hybridized carbons (Fsp3) is 0.174. The molecule has 2 N–H and O–H groups in total. The van der Waals surface area contributed by atoms with Crippen molar-refractivity contribution in [3.8, 4) is 11.5 Å². The standard InChI is InChI=1S/C23H23ClN2O5S/c1-16-4-3-5-18(14-16)26-32(28,29)22-15-17(6-11-21(22)24)23(27)25-12-13-31-20-9-7-19(30-2)8-10-20/h3-11,14-15,26H,12-13H2,1-2H3,(H,25,27). The summed E-state index contributed by atoms with van der Waals surface area (Å²) in [7, 11) is -2.40. The summed E-state index contributed by atoms with van der Waals surface area (Å²) >= 11 is 6.12. The summed E-state index contributed by atoms with van der Waals surface area (Å²) in [5.74, 6) is 0.921. The van der Waals surface area contributed by atoms with E-state index in [9.17, 15) is 13.2 Å². The first-order valence-electron chi connectivity index (χ1n) is 9.72. The quantitative estimate of drug-likeness (QED) is 0.452. The van der Waals surface area contributed by atoms with Crippen molar-refractivity contribution in [1.29, 1.82) is 0 Å². The minimum absolute atomic E-state index is 0.0181. The average molecular weight is 475 g/mol. The fourth-order valence-corrected chi connectivity index (χ4v) is 4.45. The van der Waals surface area contributed by atoms with Gasteiger partial charge in [0.1, 0.15) is 23.0 Å². The van der Waals surface area contributed by atoms with E-state index in [1.807, 2.05) is 13.0 Å². The van der Waals surface area contributed by atoms with Gasteiger partial charge in [-0.15, -0.1) is 0 Å². The second-order valence-corrected chi connectivity index (χ2v) is 8.96. The predicted molar refractivity (Wildman–Crippen MR) is 124 cm³/mol. The highest BCUT2D eigenvalue weighted by Gasteiger charge is 2.20. The Bertz CT molecular complexity index is 1200. The van der Waals surface area contributed by atoms with Crippen LogP contribution in [0.3, 0.4) is 0 Å². The van der Waals surface area contributed by atoms with Crippen LogP contribution in [0.1, 0.15) is 15.9 Å². The summed E-state index contributed by atoms with van der Waals surface area (Å²) in [5, 5.41) is 2.72. The number of aryl methyl sites for hydroxylation is 1. The number of halogens is 1. The van der Waals surface area contributed by atoms with Crippen LogP contribution in [-0.2, 0) is 10.0 Å². The number of hydrogen-bond donors (Lipinski definition) is 2. The summed E-state index contributed by atoms with van der Waals surface area (Å²) in [4.78, 5) is 12.3. The monoisotopic (exact) mass is 474 g/mol. The first-order chi connectivity index (χ1) is 15.3. The molecule has 9 heteroatoms. The number of ether oxygens (including phenoxy) is 2. The molecule has 0 bridgehead atoms. The molecule has 0 radical (unpaired) electrons. The van der Waals surface area contributed by atoms with E-state index in [2.05, 4.69) is 10.0 Å². The van der Waals surface area contributed by atoms with E-state index in [0.717, 1.165) is 11.3 Å². The molecule has 0 aliphatic heterocycles. The molecule has 0 spiro atoms. The van der Waals surface area contributed by atoms with Gasteiger partial charge in [0.25, 0.3) is 15.9 Å². The zero-order chi connectivity index (χ0) is 23.1. The third kappa shape index (κ3) is 6.15. The normalized spacial score (nSPS) is 11.0. The molecule has 0 unspecified atom stereocenters. The lowest BCUT2D eigenvalue weighted by Gasteiger charge is -2.12. The molecule has 0 fully saturated rings. The molecule has 32 heavy (non-hydrogen) atoms. The van der Waals surface area contributed by atoms with Crippen molar-refractivity contribution in [1.82, 2.24) is 5.32 Å². The Hall–Kier alpha value is -3.23. The van der Waals surface area contributed by atoms with Crippen LogP contribution in [0.5, 0.6) is 11.5 Å². The van der Waals surface area contributed by atoms with Crippen LogP contribution in [-0.4, -0.2) is 34.6 Å². The van der Waals surface area contributed by atoms with Crippen molar-refractivity contribution in [2.24, 2.45) is 0 Å². The van der Waals surface area contributed by atoms with Gasteiger partial charge in [0.2, 0.25) is 0 Å². The van der Waals surface area contributed by atoms with E-state index in [1.54, 1.807) is 49.6 Å². The first kappa shape index (κ1) is 23.4. The second kappa shape index (κ2) is 10.4. The summed E-state index contributed by atoms with van der Waals surface area (Å²) in [6.45, 7) is 2.33. The number of carbonyl (C=O) groups is 1. The van der Waals surface area contributed by atoms with Crippen LogP contribution in [0.4, 0.5) is 5.69 Å². The molecule has 7 nitrogen and oxygen atoms in total. The number of anilines is 1. The Kier molecular flexibility index (Phi) is 7.61. The highest BCUT2D eigenvalue weighted by molar-refractivity contribution is 7.92. The molecule has 0 aromatic heterocycles. The number of hydrogen-bond acceptors (Lipinski definition) is 5. The Morgan fingerprint density at radius 2 is 1.72 bits per heavy atom. The van der Waals surface area contributed by atoms with E-state index >= 15 is 0 Å². The van der Waals surface area contributed by atoms with Crippen LogP contribution >= 0.6 is 11.6 Å². The molecular formula is C23H23ClN2O5S. The van der Waals surface area contributed by atoms with Gasteiger partial charge < -0.3 is 14.8 Å². The smallest absolute Gasteiger partial charge is 0.263 e. The molecule has 168 valence electrons. The maximum absolute atomic E-state index is 12.8. The zero-order valence-electron chi connectivity index (χ0n) is 17.6. The Morgan fingerprint density at radius 3 is 2.41 bits per heavy atom. The van der Waals surface area contributed by atoms with Crippen molar-refractivity contribution in [2.45, 2.75) is 11.8 Å². The van der Waals surface area contributed by atoms with E-state index in [1.165, 1.54) is 18.2 Å². The van der Waals surface area contributed by atoms with Crippen molar-refractivity contribution in [3.05, 3.63) is 82.9 Å². The fourth-order valence-electron chi connectivity index (χ4n) is 2.88. The maximum Gasteiger partial charge on any atom is 0.263 e. The SMILES string of the molecule is COc1ccc(OCCNC(=O)c2ccc(Cl)c(S(=O)(=O)Nc3cccc(C)c3)c2)cc1. The summed E-state index contributed by atoms with van der Waals surface area (Å²) in [6, 6.07) is 18.1. The molecule has 3 rings (SSSR count). The van der Waals surface area contributed by atoms with Crippen molar-refractivity contribution in [3.63, 3.8) is 0 Å². The maximum atomic E-state index is 12.8. The Labute approximate surface area is 192 Å². The lowest BCUT2D eigenvalue weighted by Crippen LogP contribution is -2.28. The molecule has 0 saturated heterocycles. The van der Waals surface area contributed by atoms with Crippen LogP contribution in [0.25, 0.3) is 0 Å². The van der Waals surface area contributed by atoms with Gasteiger partial charge in [-0.1, -0.05) is 23.7 Å². The molecule has 3 aromatic carbocycles. The third-order valence-corrected chi connectivity index (χ3v) is 6.33. The second-order valence-electron chi connectivity index (χ2n) is 6.90. The van der Waals surface area contributed by atoms with Crippen LogP contribution in [0.2, 0.25) is 5.02 Å². The highest BCUT2D eigenvalue weighted by atomic mass is 35.5. The topological polar surface area (TPSA) is 93.7 Å². The molecule has 3 aromatic rings. The van der Waals surface area contributed by atoms with Gasteiger partial charge in [-0.25, -0.2) is 8.42 Å². The minimum Gasteiger partial charge on any atom is -0.497 e. The van der Waals surface area contributed by atoms with Gasteiger partial charge in [0.05, 0.1) is 18.7 Å². The number of amides is 1. The number of sulfonamides is 1. The van der Waals surface area contributed by atoms with Crippen LogP contribution in [0, 0.1) is 6.92 Å². The van der Waals surface area contributed by atoms with Crippen LogP contribution < -0.4 is 19.5 Å². The highest BCUT2D eigenvalue weighted by Crippen LogP contribution is 2.25. The third-order valence-electron chi connectivity index (χ3n) is 4.47. The first-order valence-corrected chi connectivity index (χ1v) is 11.6. The largest absolute Gasteiger partial charge is 0.497 e. The van der Waals surface area contributed by atoms with Gasteiger partial charge in [-0.2, -0.15) is 0 Å². The molecule has 0 aliphatic carbocycles. The van der Waals surface area contributed by atoms with E-state index in [-0.39, 0.29) is 28.6 Å². The van der Waals surface area contributed by atoms with E-state index in [0.29, 0.717) is 11.4 Å². The Morgan fingerprint density at radius 1 is 1.00 bits per heavy atom. The predicted octanol–water partition coefficient (Wildman–Crippen LogP) is 4.27. The number of rotatable bonds is 9. The van der Waals surface area contributed by atoms with Crippen molar-refractivity contribution < 1.29 is 22.7 Å². The van der Waals surface area contributed by atoms with Gasteiger partial charge in [0.15, 0.2) is 0 Å². The number of benzene rings is 3. The molecular weight excluding hydrogens is 452 g/mol. The molecule has 0 atom stereocenters. The molecule has 0 saturated carbocycles. The lowest BCUT2D eigenvalue weighted by molar-refractivity contribution is 0.0947. The number of methoxy groups -OCH3 is 1. The molecule has 0 aliphatic rings. The lowest BCUT2D eigenvalue weighted by atomic mass is 10.2. The Balaban J connectivity index is 1.62. The van der Waals surface area contributed by atoms with Gasteiger partial charge in [-0.3, -0.25) is 9.52 Å². The molecule has 1 amide bonds. The minimum atomic E-state index is -3.98. The van der Waals surface area contributed by atoms with Crippen molar-refractivity contribution >= 4 is 33.2 Å². The number of nitrogens with one attached hydrogen (secondary N) is 2. The van der Waals surface area contributed by atoms with Gasteiger partial charge in [0, 0.05) is 11.3 Å². The van der Waals surface area contributed by atoms with E-state index in [4.69, 9.17) is 21.1 Å². The average Bonchev–Trinajstić information content (AvgIpc) is 2.77.